The molecule has 120 valence electrons. The molecular weight excluding hydrogens is 360 g/mol. The predicted octanol–water partition coefficient (Wildman–Crippen LogP) is 4.26. The zero-order valence-corrected chi connectivity index (χ0v) is 14.4. The lowest BCUT2D eigenvalue weighted by atomic mass is 10.2. The molecule has 0 aliphatic heterocycles. The van der Waals surface area contributed by atoms with Crippen LogP contribution in [0.15, 0.2) is 53.1 Å². The first-order valence-electron chi connectivity index (χ1n) is 6.84. The summed E-state index contributed by atoms with van der Waals surface area (Å²) in [6.07, 6.45) is 3.38. The van der Waals surface area contributed by atoms with E-state index in [1.165, 1.54) is 7.11 Å². The third-order valence-electron chi connectivity index (χ3n) is 3.00. The van der Waals surface area contributed by atoms with Crippen molar-refractivity contribution in [3.63, 3.8) is 0 Å². The number of hydrogen-bond acceptors (Lipinski definition) is 3. The number of hydrogen-bond donors (Lipinski definition) is 2. The van der Waals surface area contributed by atoms with Crippen LogP contribution in [-0.4, -0.2) is 20.3 Å². The highest BCUT2D eigenvalue weighted by Gasteiger charge is 2.07. The van der Waals surface area contributed by atoms with E-state index in [1.54, 1.807) is 37.6 Å². The van der Waals surface area contributed by atoms with E-state index in [-0.39, 0.29) is 6.03 Å². The Bertz CT molecular complexity index is 717. The first-order valence-corrected chi connectivity index (χ1v) is 7.63. The van der Waals surface area contributed by atoms with Gasteiger partial charge < -0.3 is 20.1 Å². The maximum absolute atomic E-state index is 11.9. The molecule has 0 saturated heterocycles. The number of ether oxygens (including phenoxy) is 2. The van der Waals surface area contributed by atoms with Crippen molar-refractivity contribution in [1.82, 2.24) is 5.32 Å². The first-order chi connectivity index (χ1) is 11.1. The van der Waals surface area contributed by atoms with Crippen LogP contribution in [-0.2, 0) is 0 Å². The molecule has 0 fully saturated rings. The molecule has 6 heteroatoms. The van der Waals surface area contributed by atoms with Crippen molar-refractivity contribution in [1.29, 1.82) is 0 Å². The zero-order chi connectivity index (χ0) is 16.7. The van der Waals surface area contributed by atoms with Crippen LogP contribution in [0.4, 0.5) is 10.5 Å². The molecule has 0 radical (unpaired) electrons. The van der Waals surface area contributed by atoms with Gasteiger partial charge in [-0.25, -0.2) is 4.79 Å². The van der Waals surface area contributed by atoms with Crippen molar-refractivity contribution >= 4 is 33.7 Å². The number of carbonyl (C=O) groups excluding carboxylic acids is 1. The number of amides is 2. The molecule has 0 bridgehead atoms. The largest absolute Gasteiger partial charge is 0.497 e. The fourth-order valence-electron chi connectivity index (χ4n) is 1.88. The van der Waals surface area contributed by atoms with Crippen LogP contribution in [0.1, 0.15) is 5.56 Å². The van der Waals surface area contributed by atoms with Crippen LogP contribution in [0.2, 0.25) is 0 Å². The quantitative estimate of drug-likeness (QED) is 0.819. The first kappa shape index (κ1) is 16.9. The molecule has 0 aromatic heterocycles. The summed E-state index contributed by atoms with van der Waals surface area (Å²) in [5, 5.41) is 5.37. The average molecular weight is 377 g/mol. The number of carbonyl (C=O) groups is 1. The van der Waals surface area contributed by atoms with E-state index in [9.17, 15) is 4.79 Å². The van der Waals surface area contributed by atoms with E-state index >= 15 is 0 Å². The Balaban J connectivity index is 1.97. The zero-order valence-electron chi connectivity index (χ0n) is 12.8. The van der Waals surface area contributed by atoms with Gasteiger partial charge in [0.1, 0.15) is 11.5 Å². The Labute approximate surface area is 143 Å². The lowest BCUT2D eigenvalue weighted by Crippen LogP contribution is -2.24. The molecule has 0 aliphatic rings. The Morgan fingerprint density at radius 3 is 2.65 bits per heavy atom. The van der Waals surface area contributed by atoms with Crippen LogP contribution < -0.4 is 20.1 Å². The summed E-state index contributed by atoms with van der Waals surface area (Å²) in [5.41, 5.74) is 1.53. The van der Waals surface area contributed by atoms with Gasteiger partial charge >= 0.3 is 6.03 Å². The topological polar surface area (TPSA) is 59.6 Å². The van der Waals surface area contributed by atoms with Crippen molar-refractivity contribution in [2.75, 3.05) is 19.5 Å². The second-order valence-electron chi connectivity index (χ2n) is 4.55. The lowest BCUT2D eigenvalue weighted by molar-refractivity contribution is 0.255. The molecule has 2 aromatic rings. The normalized spacial score (nSPS) is 10.4. The van der Waals surface area contributed by atoms with Gasteiger partial charge in [-0.15, -0.1) is 0 Å². The highest BCUT2D eigenvalue weighted by atomic mass is 79.9. The van der Waals surface area contributed by atoms with Gasteiger partial charge in [0.2, 0.25) is 0 Å². The average Bonchev–Trinajstić information content (AvgIpc) is 2.55. The van der Waals surface area contributed by atoms with E-state index in [4.69, 9.17) is 9.47 Å². The number of halogens is 1. The molecule has 2 rings (SSSR count). The maximum Gasteiger partial charge on any atom is 0.323 e. The predicted molar refractivity (Wildman–Crippen MR) is 94.9 cm³/mol. The standard InChI is InChI=1S/C17H17BrN2O3/c1-22-14-6-7-15(16(11-14)23-2)20-17(21)19-9-8-12-4-3-5-13(18)10-12/h3-11H,1-2H3,(H2,19,20,21)/b9-8+. The second-order valence-corrected chi connectivity index (χ2v) is 5.47. The molecule has 2 N–H and O–H groups in total. The van der Waals surface area contributed by atoms with Crippen LogP contribution in [0.25, 0.3) is 6.08 Å². The van der Waals surface area contributed by atoms with Crippen LogP contribution in [0.5, 0.6) is 11.5 Å². The Hall–Kier alpha value is -2.47. The third-order valence-corrected chi connectivity index (χ3v) is 3.49. The van der Waals surface area contributed by atoms with E-state index in [2.05, 4.69) is 26.6 Å². The number of methoxy groups -OCH3 is 2. The summed E-state index contributed by atoms with van der Waals surface area (Å²) >= 11 is 3.40. The van der Waals surface area contributed by atoms with Crippen LogP contribution >= 0.6 is 15.9 Å². The molecule has 0 saturated carbocycles. The minimum Gasteiger partial charge on any atom is -0.497 e. The number of nitrogens with one attached hydrogen (secondary N) is 2. The Morgan fingerprint density at radius 1 is 1.13 bits per heavy atom. The fraction of sp³-hybridized carbons (Fsp3) is 0.118. The van der Waals surface area contributed by atoms with Crippen LogP contribution in [0.3, 0.4) is 0 Å². The number of benzene rings is 2. The summed E-state index contributed by atoms with van der Waals surface area (Å²) in [6.45, 7) is 0. The monoisotopic (exact) mass is 376 g/mol. The van der Waals surface area contributed by atoms with Crippen molar-refractivity contribution in [2.45, 2.75) is 0 Å². The van der Waals surface area contributed by atoms with Gasteiger partial charge in [0.25, 0.3) is 0 Å². The molecule has 2 aromatic carbocycles. The minimum atomic E-state index is -0.361. The van der Waals surface area contributed by atoms with E-state index in [0.717, 1.165) is 10.0 Å². The van der Waals surface area contributed by atoms with Crippen molar-refractivity contribution in [3.8, 4) is 11.5 Å². The smallest absolute Gasteiger partial charge is 0.323 e. The molecule has 0 spiro atoms. The third kappa shape index (κ3) is 5.03. The number of urea groups is 1. The van der Waals surface area contributed by atoms with Gasteiger partial charge in [0.15, 0.2) is 0 Å². The van der Waals surface area contributed by atoms with Gasteiger partial charge in [-0.3, -0.25) is 0 Å². The van der Waals surface area contributed by atoms with Gasteiger partial charge in [-0.05, 0) is 35.9 Å². The molecule has 0 atom stereocenters. The number of rotatable bonds is 5. The molecule has 5 nitrogen and oxygen atoms in total. The fourth-order valence-corrected chi connectivity index (χ4v) is 2.30. The maximum atomic E-state index is 11.9. The summed E-state index contributed by atoms with van der Waals surface area (Å²) in [4.78, 5) is 11.9. The molecule has 2 amide bonds. The Kier molecular flexibility index (Phi) is 6.05. The highest BCUT2D eigenvalue weighted by molar-refractivity contribution is 9.10. The summed E-state index contributed by atoms with van der Waals surface area (Å²) in [7, 11) is 3.10. The van der Waals surface area contributed by atoms with Crippen LogP contribution in [0, 0.1) is 0 Å². The van der Waals surface area contributed by atoms with Crippen molar-refractivity contribution in [3.05, 3.63) is 58.7 Å². The highest BCUT2D eigenvalue weighted by Crippen LogP contribution is 2.28. The van der Waals surface area contributed by atoms with Gasteiger partial charge in [-0.1, -0.05) is 28.1 Å². The molecule has 0 heterocycles. The van der Waals surface area contributed by atoms with E-state index < -0.39 is 0 Å². The van der Waals surface area contributed by atoms with Gasteiger partial charge in [0.05, 0.1) is 19.9 Å². The van der Waals surface area contributed by atoms with Crippen molar-refractivity contribution in [2.24, 2.45) is 0 Å². The summed E-state index contributed by atoms with van der Waals surface area (Å²) in [6, 6.07) is 12.5. The van der Waals surface area contributed by atoms with E-state index in [0.29, 0.717) is 17.2 Å². The SMILES string of the molecule is COc1ccc(NC(=O)N/C=C/c2cccc(Br)c2)c(OC)c1. The summed E-state index contributed by atoms with van der Waals surface area (Å²) in [5.74, 6) is 1.18. The molecular formula is C17H17BrN2O3. The number of anilines is 1. The lowest BCUT2D eigenvalue weighted by Gasteiger charge is -2.11. The van der Waals surface area contributed by atoms with Crippen molar-refractivity contribution < 1.29 is 14.3 Å². The Morgan fingerprint density at radius 2 is 1.96 bits per heavy atom. The van der Waals surface area contributed by atoms with Gasteiger partial charge in [-0.2, -0.15) is 0 Å². The minimum absolute atomic E-state index is 0.361. The molecule has 0 aliphatic carbocycles. The summed E-state index contributed by atoms with van der Waals surface area (Å²) < 4.78 is 11.3. The van der Waals surface area contributed by atoms with Gasteiger partial charge in [0, 0.05) is 16.7 Å². The van der Waals surface area contributed by atoms with E-state index in [1.807, 2.05) is 24.3 Å². The molecule has 23 heavy (non-hydrogen) atoms. The molecule has 0 unspecified atom stereocenters. The second kappa shape index (κ2) is 8.24.